The van der Waals surface area contributed by atoms with Crippen LogP contribution in [0, 0.1) is 0 Å². The van der Waals surface area contributed by atoms with Crippen LogP contribution in [0.1, 0.15) is 17.3 Å². The Morgan fingerprint density at radius 3 is 2.41 bits per heavy atom. The Bertz CT molecular complexity index is 1300. The van der Waals surface area contributed by atoms with E-state index in [1.165, 1.54) is 12.1 Å². The Labute approximate surface area is 163 Å². The standard InChI is InChI=1S/C17H17N3O8S/c1-2-28-17(24)12-9-13(22)19(7-8-21)15-14(12)16(23)20(18-15)10-3-5-11(6-4-10)29(25,26)27/h3-6,9,18,21H,2,7-8H2,1H3,(H,25,26,27). The topological polar surface area (TPSA) is 161 Å². The first-order valence-corrected chi connectivity index (χ1v) is 9.87. The van der Waals surface area contributed by atoms with E-state index in [-0.39, 0.29) is 46.9 Å². The minimum atomic E-state index is -4.41. The van der Waals surface area contributed by atoms with Crippen molar-refractivity contribution in [1.82, 2.24) is 14.3 Å². The van der Waals surface area contributed by atoms with Crippen LogP contribution in [0.4, 0.5) is 0 Å². The number of H-pyrrole nitrogens is 1. The quantitative estimate of drug-likeness (QED) is 0.366. The zero-order valence-electron chi connectivity index (χ0n) is 15.2. The molecule has 0 aliphatic carbocycles. The third kappa shape index (κ3) is 3.72. The van der Waals surface area contributed by atoms with Gasteiger partial charge in [0.15, 0.2) is 0 Å². The number of hydrogen-bond donors (Lipinski definition) is 3. The lowest BCUT2D eigenvalue weighted by Crippen LogP contribution is -2.25. The van der Waals surface area contributed by atoms with Crippen LogP contribution >= 0.6 is 0 Å². The molecule has 3 rings (SSSR count). The normalized spacial score (nSPS) is 11.7. The number of carbonyl (C=O) groups is 1. The van der Waals surface area contributed by atoms with Crippen LogP contribution in [0.2, 0.25) is 0 Å². The van der Waals surface area contributed by atoms with Gasteiger partial charge in [-0.2, -0.15) is 8.42 Å². The zero-order chi connectivity index (χ0) is 21.3. The molecule has 0 spiro atoms. The number of hydrogen-bond acceptors (Lipinski definition) is 7. The van der Waals surface area contributed by atoms with Crippen molar-refractivity contribution in [3.05, 3.63) is 56.6 Å². The second kappa shape index (κ2) is 7.66. The molecular weight excluding hydrogens is 406 g/mol. The van der Waals surface area contributed by atoms with E-state index in [2.05, 4.69) is 5.10 Å². The fourth-order valence-corrected chi connectivity index (χ4v) is 3.37. The summed E-state index contributed by atoms with van der Waals surface area (Å²) in [6.45, 7) is 1.11. The van der Waals surface area contributed by atoms with Gasteiger partial charge in [0.05, 0.1) is 41.3 Å². The summed E-state index contributed by atoms with van der Waals surface area (Å²) in [7, 11) is -4.41. The van der Waals surface area contributed by atoms with Gasteiger partial charge in [-0.15, -0.1) is 0 Å². The zero-order valence-corrected chi connectivity index (χ0v) is 16.0. The number of aromatic amines is 1. The maximum absolute atomic E-state index is 13.0. The molecule has 11 nitrogen and oxygen atoms in total. The van der Waals surface area contributed by atoms with Crippen LogP contribution in [-0.2, 0) is 21.4 Å². The molecule has 3 N–H and O–H groups in total. The van der Waals surface area contributed by atoms with Gasteiger partial charge in [0.1, 0.15) is 5.65 Å². The van der Waals surface area contributed by atoms with Crippen molar-refractivity contribution in [2.45, 2.75) is 18.4 Å². The smallest absolute Gasteiger partial charge is 0.339 e. The van der Waals surface area contributed by atoms with E-state index in [9.17, 15) is 27.9 Å². The molecule has 2 heterocycles. The van der Waals surface area contributed by atoms with Gasteiger partial charge in [-0.1, -0.05) is 0 Å². The molecule has 0 fully saturated rings. The van der Waals surface area contributed by atoms with Crippen LogP contribution in [0.3, 0.4) is 0 Å². The maximum atomic E-state index is 13.0. The Balaban J connectivity index is 2.30. The molecule has 0 radical (unpaired) electrons. The lowest BCUT2D eigenvalue weighted by atomic mass is 10.2. The first-order valence-electron chi connectivity index (χ1n) is 8.43. The molecular formula is C17H17N3O8S. The number of pyridine rings is 1. The van der Waals surface area contributed by atoms with Gasteiger partial charge < -0.3 is 9.84 Å². The van der Waals surface area contributed by atoms with E-state index in [1.807, 2.05) is 0 Å². The third-order valence-electron chi connectivity index (χ3n) is 4.16. The Morgan fingerprint density at radius 1 is 1.21 bits per heavy atom. The predicted molar refractivity (Wildman–Crippen MR) is 101 cm³/mol. The largest absolute Gasteiger partial charge is 0.462 e. The minimum Gasteiger partial charge on any atom is -0.462 e. The number of fused-ring (bicyclic) bond motifs is 1. The van der Waals surface area contributed by atoms with Gasteiger partial charge >= 0.3 is 5.97 Å². The molecule has 0 saturated heterocycles. The number of nitrogens with zero attached hydrogens (tertiary/aromatic N) is 2. The Morgan fingerprint density at radius 2 is 1.86 bits per heavy atom. The monoisotopic (exact) mass is 423 g/mol. The number of rotatable bonds is 6. The molecule has 1 aromatic carbocycles. The van der Waals surface area contributed by atoms with E-state index < -0.39 is 27.2 Å². The van der Waals surface area contributed by atoms with Crippen molar-refractivity contribution in [3.8, 4) is 5.69 Å². The molecule has 0 unspecified atom stereocenters. The molecule has 0 atom stereocenters. The molecule has 0 amide bonds. The van der Waals surface area contributed by atoms with Crippen molar-refractivity contribution in [2.75, 3.05) is 13.2 Å². The van der Waals surface area contributed by atoms with Crippen molar-refractivity contribution >= 4 is 27.1 Å². The Kier molecular flexibility index (Phi) is 5.42. The highest BCUT2D eigenvalue weighted by Crippen LogP contribution is 2.17. The second-order valence-corrected chi connectivity index (χ2v) is 7.36. The molecule has 3 aromatic rings. The van der Waals surface area contributed by atoms with Crippen LogP contribution < -0.4 is 11.1 Å². The average molecular weight is 423 g/mol. The number of ether oxygens (including phenoxy) is 1. The third-order valence-corrected chi connectivity index (χ3v) is 5.02. The number of carbonyl (C=O) groups excluding carboxylic acids is 1. The molecule has 2 aromatic heterocycles. The molecule has 12 heteroatoms. The summed E-state index contributed by atoms with van der Waals surface area (Å²) in [4.78, 5) is 37.3. The van der Waals surface area contributed by atoms with Crippen molar-refractivity contribution in [1.29, 1.82) is 0 Å². The number of esters is 1. The van der Waals surface area contributed by atoms with Crippen LogP contribution in [0.15, 0.2) is 44.8 Å². The summed E-state index contributed by atoms with van der Waals surface area (Å²) in [5.74, 6) is -0.851. The lowest BCUT2D eigenvalue weighted by Gasteiger charge is -2.07. The van der Waals surface area contributed by atoms with Gasteiger partial charge in [-0.25, -0.2) is 9.48 Å². The van der Waals surface area contributed by atoms with Crippen molar-refractivity contribution < 1.29 is 27.6 Å². The predicted octanol–water partition coefficient (Wildman–Crippen LogP) is -0.104. The van der Waals surface area contributed by atoms with Gasteiger partial charge in [0.2, 0.25) is 0 Å². The van der Waals surface area contributed by atoms with Gasteiger partial charge in [0, 0.05) is 6.07 Å². The molecule has 0 aliphatic heterocycles. The highest BCUT2D eigenvalue weighted by Gasteiger charge is 2.22. The summed E-state index contributed by atoms with van der Waals surface area (Å²) in [5, 5.41) is 11.8. The van der Waals surface area contributed by atoms with Crippen LogP contribution in [0.5, 0.6) is 0 Å². The summed E-state index contributed by atoms with van der Waals surface area (Å²) in [5.41, 5.74) is -1.34. The molecule has 0 saturated carbocycles. The molecule has 154 valence electrons. The molecule has 0 aliphatic rings. The first kappa shape index (κ1) is 20.5. The van der Waals surface area contributed by atoms with E-state index >= 15 is 0 Å². The average Bonchev–Trinajstić information content (AvgIpc) is 3.01. The summed E-state index contributed by atoms with van der Waals surface area (Å²) >= 11 is 0. The van der Waals surface area contributed by atoms with Gasteiger partial charge in [-0.3, -0.25) is 23.8 Å². The maximum Gasteiger partial charge on any atom is 0.339 e. The Hall–Kier alpha value is -3.22. The fourth-order valence-electron chi connectivity index (χ4n) is 2.89. The number of aliphatic hydroxyl groups excluding tert-OH is 1. The molecule has 0 bridgehead atoms. The second-order valence-electron chi connectivity index (χ2n) is 5.94. The van der Waals surface area contributed by atoms with Gasteiger partial charge in [0.25, 0.3) is 21.2 Å². The van der Waals surface area contributed by atoms with E-state index in [0.29, 0.717) is 0 Å². The number of nitrogens with one attached hydrogen (secondary N) is 1. The molecule has 29 heavy (non-hydrogen) atoms. The van der Waals surface area contributed by atoms with Crippen molar-refractivity contribution in [3.63, 3.8) is 0 Å². The fraction of sp³-hybridized carbons (Fsp3) is 0.235. The number of benzene rings is 1. The summed E-state index contributed by atoms with van der Waals surface area (Å²) in [6.07, 6.45) is 0. The van der Waals surface area contributed by atoms with Crippen LogP contribution in [-0.4, -0.2) is 51.6 Å². The summed E-state index contributed by atoms with van der Waals surface area (Å²) in [6, 6.07) is 5.68. The highest BCUT2D eigenvalue weighted by atomic mass is 32.2. The number of aromatic nitrogens is 3. The van der Waals surface area contributed by atoms with Gasteiger partial charge in [-0.05, 0) is 31.2 Å². The minimum absolute atomic E-state index is 0.00143. The van der Waals surface area contributed by atoms with E-state index in [4.69, 9.17) is 9.29 Å². The van der Waals surface area contributed by atoms with E-state index in [0.717, 1.165) is 27.4 Å². The summed E-state index contributed by atoms with van der Waals surface area (Å²) < 4.78 is 38.5. The highest BCUT2D eigenvalue weighted by molar-refractivity contribution is 7.85. The van der Waals surface area contributed by atoms with Crippen molar-refractivity contribution in [2.24, 2.45) is 0 Å². The van der Waals surface area contributed by atoms with E-state index in [1.54, 1.807) is 6.92 Å². The first-order chi connectivity index (χ1) is 13.7. The lowest BCUT2D eigenvalue weighted by molar-refractivity contribution is 0.0528. The van der Waals surface area contributed by atoms with Crippen LogP contribution in [0.25, 0.3) is 16.7 Å². The number of aliphatic hydroxyl groups is 1. The SMILES string of the molecule is CCOC(=O)c1cc(=O)n(CCO)c2[nH]n(-c3ccc(S(=O)(=O)O)cc3)c(=O)c12.